The molecule has 1 saturated carbocycles. The third kappa shape index (κ3) is 4.06. The van der Waals surface area contributed by atoms with Gasteiger partial charge in [0.2, 0.25) is 5.91 Å². The lowest BCUT2D eigenvalue weighted by molar-refractivity contribution is -0.127. The lowest BCUT2D eigenvalue weighted by Gasteiger charge is -2.16. The summed E-state index contributed by atoms with van der Waals surface area (Å²) in [6.07, 6.45) is 2.05. The quantitative estimate of drug-likeness (QED) is 0.555. The minimum atomic E-state index is -0.310. The van der Waals surface area contributed by atoms with Crippen LogP contribution in [0.5, 0.6) is 0 Å². The Morgan fingerprint density at radius 2 is 2.11 bits per heavy atom. The van der Waals surface area contributed by atoms with Crippen molar-refractivity contribution in [1.82, 2.24) is 19.7 Å². The Morgan fingerprint density at radius 1 is 1.30 bits per heavy atom. The summed E-state index contributed by atoms with van der Waals surface area (Å²) < 4.78 is 16.2. The maximum absolute atomic E-state index is 14.2. The van der Waals surface area contributed by atoms with Crippen molar-refractivity contribution in [1.29, 1.82) is 0 Å². The summed E-state index contributed by atoms with van der Waals surface area (Å²) in [6, 6.07) is 10.9. The number of carbonyl (C=O) groups is 1. The molecule has 1 aromatic carbocycles. The van der Waals surface area contributed by atoms with Crippen molar-refractivity contribution in [3.05, 3.63) is 52.5 Å². The number of thiophene rings is 1. The predicted octanol–water partition coefficient (Wildman–Crippen LogP) is 4.23. The molecule has 0 aliphatic heterocycles. The molecular weight excluding hydrogens is 383 g/mol. The number of amides is 1. The van der Waals surface area contributed by atoms with E-state index in [-0.39, 0.29) is 23.5 Å². The standard InChI is InChI=1S/C19H19FN4OS2/c1-23(11-14-5-4-10-26-14)17(25)12-27-19-22-21-18(24(19)13-8-9-13)15-6-2-3-7-16(15)20/h2-7,10,13H,8-9,11-12H2,1H3. The van der Waals surface area contributed by atoms with Gasteiger partial charge in [-0.15, -0.1) is 21.5 Å². The second-order valence-corrected chi connectivity index (χ2v) is 8.48. The minimum Gasteiger partial charge on any atom is -0.340 e. The van der Waals surface area contributed by atoms with Crippen LogP contribution in [0.25, 0.3) is 11.4 Å². The van der Waals surface area contributed by atoms with Gasteiger partial charge in [0.25, 0.3) is 0 Å². The van der Waals surface area contributed by atoms with Gasteiger partial charge in [-0.25, -0.2) is 4.39 Å². The average Bonchev–Trinajstić information content (AvgIpc) is 3.21. The highest BCUT2D eigenvalue weighted by atomic mass is 32.2. The molecule has 27 heavy (non-hydrogen) atoms. The molecule has 1 aliphatic carbocycles. The van der Waals surface area contributed by atoms with Crippen LogP contribution in [-0.4, -0.2) is 38.4 Å². The zero-order chi connectivity index (χ0) is 18.8. The molecule has 5 nitrogen and oxygen atoms in total. The highest BCUT2D eigenvalue weighted by Gasteiger charge is 2.31. The number of carbonyl (C=O) groups excluding carboxylic acids is 1. The molecule has 2 aromatic heterocycles. The second kappa shape index (κ2) is 7.82. The van der Waals surface area contributed by atoms with Gasteiger partial charge >= 0.3 is 0 Å². The van der Waals surface area contributed by atoms with Crippen LogP contribution in [0.4, 0.5) is 4.39 Å². The Morgan fingerprint density at radius 3 is 2.81 bits per heavy atom. The first kappa shape index (κ1) is 18.2. The van der Waals surface area contributed by atoms with E-state index in [0.717, 1.165) is 17.7 Å². The van der Waals surface area contributed by atoms with E-state index >= 15 is 0 Å². The fourth-order valence-corrected chi connectivity index (χ4v) is 4.53. The second-order valence-electron chi connectivity index (χ2n) is 6.51. The highest BCUT2D eigenvalue weighted by Crippen LogP contribution is 2.41. The molecule has 0 unspecified atom stereocenters. The maximum Gasteiger partial charge on any atom is 0.233 e. The van der Waals surface area contributed by atoms with Gasteiger partial charge < -0.3 is 4.90 Å². The SMILES string of the molecule is CN(Cc1cccs1)C(=O)CSc1nnc(-c2ccccc2F)n1C1CC1. The van der Waals surface area contributed by atoms with Crippen molar-refractivity contribution in [2.75, 3.05) is 12.8 Å². The van der Waals surface area contributed by atoms with Crippen LogP contribution < -0.4 is 0 Å². The van der Waals surface area contributed by atoms with Gasteiger partial charge in [0.05, 0.1) is 17.9 Å². The van der Waals surface area contributed by atoms with Gasteiger partial charge in [0.1, 0.15) is 5.82 Å². The monoisotopic (exact) mass is 402 g/mol. The lowest BCUT2D eigenvalue weighted by atomic mass is 10.2. The van der Waals surface area contributed by atoms with Crippen LogP contribution in [0.1, 0.15) is 23.8 Å². The van der Waals surface area contributed by atoms with E-state index in [4.69, 9.17) is 0 Å². The normalized spacial score (nSPS) is 13.7. The number of thioether (sulfide) groups is 1. The molecule has 0 N–H and O–H groups in total. The van der Waals surface area contributed by atoms with E-state index in [9.17, 15) is 9.18 Å². The fourth-order valence-electron chi connectivity index (χ4n) is 2.82. The van der Waals surface area contributed by atoms with Gasteiger partial charge in [-0.2, -0.15) is 0 Å². The van der Waals surface area contributed by atoms with Crippen molar-refractivity contribution in [3.63, 3.8) is 0 Å². The number of halogens is 1. The molecule has 0 radical (unpaired) electrons. The molecule has 0 spiro atoms. The van der Waals surface area contributed by atoms with Crippen LogP contribution in [0.3, 0.4) is 0 Å². The van der Waals surface area contributed by atoms with E-state index in [1.165, 1.54) is 17.8 Å². The van der Waals surface area contributed by atoms with Crippen molar-refractivity contribution >= 4 is 29.0 Å². The molecule has 1 amide bonds. The molecule has 8 heteroatoms. The molecular formula is C19H19FN4OS2. The summed E-state index contributed by atoms with van der Waals surface area (Å²) in [5.41, 5.74) is 0.449. The largest absolute Gasteiger partial charge is 0.340 e. The van der Waals surface area contributed by atoms with Crippen molar-refractivity contribution in [2.45, 2.75) is 30.6 Å². The molecule has 1 fully saturated rings. The highest BCUT2D eigenvalue weighted by molar-refractivity contribution is 7.99. The number of nitrogens with zero attached hydrogens (tertiary/aromatic N) is 4. The van der Waals surface area contributed by atoms with Crippen molar-refractivity contribution in [2.24, 2.45) is 0 Å². The summed E-state index contributed by atoms with van der Waals surface area (Å²) in [6.45, 7) is 0.604. The van der Waals surface area contributed by atoms with E-state index < -0.39 is 0 Å². The first-order chi connectivity index (χ1) is 13.1. The smallest absolute Gasteiger partial charge is 0.233 e. The molecule has 3 aromatic rings. The third-order valence-corrected chi connectivity index (χ3v) is 6.20. The van der Waals surface area contributed by atoms with E-state index in [1.54, 1.807) is 41.5 Å². The van der Waals surface area contributed by atoms with Crippen LogP contribution >= 0.6 is 23.1 Å². The summed E-state index contributed by atoms with van der Waals surface area (Å²) in [5, 5.41) is 11.1. The Hall–Kier alpha value is -2.19. The van der Waals surface area contributed by atoms with Crippen molar-refractivity contribution < 1.29 is 9.18 Å². The molecule has 2 heterocycles. The zero-order valence-corrected chi connectivity index (χ0v) is 16.5. The number of hydrogen-bond acceptors (Lipinski definition) is 5. The van der Waals surface area contributed by atoms with Gasteiger partial charge in [-0.3, -0.25) is 9.36 Å². The fraction of sp³-hybridized carbons (Fsp3) is 0.316. The number of aromatic nitrogens is 3. The van der Waals surface area contributed by atoms with Gasteiger partial charge in [0.15, 0.2) is 11.0 Å². The number of benzene rings is 1. The van der Waals surface area contributed by atoms with Crippen LogP contribution in [-0.2, 0) is 11.3 Å². The van der Waals surface area contributed by atoms with Crippen LogP contribution in [0, 0.1) is 5.82 Å². The van der Waals surface area contributed by atoms with Gasteiger partial charge in [-0.05, 0) is 36.4 Å². The van der Waals surface area contributed by atoms with Crippen LogP contribution in [0.2, 0.25) is 0 Å². The third-order valence-electron chi connectivity index (χ3n) is 4.41. The summed E-state index contributed by atoms with van der Waals surface area (Å²) >= 11 is 3.00. The molecule has 0 atom stereocenters. The molecule has 0 bridgehead atoms. The van der Waals surface area contributed by atoms with Crippen molar-refractivity contribution in [3.8, 4) is 11.4 Å². The first-order valence-corrected chi connectivity index (χ1v) is 10.6. The number of rotatable bonds is 7. The van der Waals surface area contributed by atoms with Gasteiger partial charge in [0, 0.05) is 18.0 Å². The minimum absolute atomic E-state index is 0.0335. The van der Waals surface area contributed by atoms with E-state index in [1.807, 2.05) is 22.1 Å². The molecule has 140 valence electrons. The van der Waals surface area contributed by atoms with Crippen LogP contribution in [0.15, 0.2) is 46.9 Å². The summed E-state index contributed by atoms with van der Waals surface area (Å²) in [4.78, 5) is 15.3. The summed E-state index contributed by atoms with van der Waals surface area (Å²) in [7, 11) is 1.80. The lowest BCUT2D eigenvalue weighted by Crippen LogP contribution is -2.27. The van der Waals surface area contributed by atoms with E-state index in [0.29, 0.717) is 23.1 Å². The average molecular weight is 403 g/mol. The molecule has 1 aliphatic rings. The van der Waals surface area contributed by atoms with E-state index in [2.05, 4.69) is 10.2 Å². The van der Waals surface area contributed by atoms with Gasteiger partial charge in [-0.1, -0.05) is 30.0 Å². The number of hydrogen-bond donors (Lipinski definition) is 0. The Kier molecular flexibility index (Phi) is 5.27. The Balaban J connectivity index is 1.48. The summed E-state index contributed by atoms with van der Waals surface area (Å²) in [5.74, 6) is 0.545. The first-order valence-electron chi connectivity index (χ1n) is 8.72. The Labute approximate surface area is 165 Å². The maximum atomic E-state index is 14.2. The Bertz CT molecular complexity index is 937. The zero-order valence-electron chi connectivity index (χ0n) is 14.8. The molecule has 4 rings (SSSR count). The molecule has 0 saturated heterocycles. The predicted molar refractivity (Wildman–Crippen MR) is 105 cm³/mol. The topological polar surface area (TPSA) is 51.0 Å².